The summed E-state index contributed by atoms with van der Waals surface area (Å²) < 4.78 is 1.88. The molecule has 5 rings (SSSR count). The van der Waals surface area contributed by atoms with Crippen molar-refractivity contribution in [2.24, 2.45) is 5.92 Å². The number of aromatic nitrogens is 2. The van der Waals surface area contributed by atoms with Gasteiger partial charge in [0.05, 0.1) is 11.1 Å². The fraction of sp³-hybridized carbons (Fsp3) is 0.364. The van der Waals surface area contributed by atoms with Crippen LogP contribution in [-0.4, -0.2) is 51.1 Å². The van der Waals surface area contributed by atoms with Crippen LogP contribution in [-0.2, 0) is 9.59 Å². The van der Waals surface area contributed by atoms with Crippen molar-refractivity contribution < 1.29 is 14.4 Å². The van der Waals surface area contributed by atoms with E-state index in [4.69, 9.17) is 0 Å². The average Bonchev–Trinajstić information content (AvgIpc) is 3.14. The fourth-order valence-corrected chi connectivity index (χ4v) is 4.64. The van der Waals surface area contributed by atoms with Crippen LogP contribution in [0.3, 0.4) is 0 Å². The van der Waals surface area contributed by atoms with Gasteiger partial charge in [0.1, 0.15) is 5.65 Å². The Balaban J connectivity index is 1.28. The first-order valence-electron chi connectivity index (χ1n) is 10.4. The SMILES string of the molecule is CC(=O)N1CCC(NC(=O)c2cc(-c3ccc4nc(NC(=O)C5CC5)cn4c3)cs2)C1. The summed E-state index contributed by atoms with van der Waals surface area (Å²) in [4.78, 5) is 42.9. The number of hydrogen-bond donors (Lipinski definition) is 2. The number of hydrogen-bond acceptors (Lipinski definition) is 5. The molecule has 9 heteroatoms. The molecule has 0 bridgehead atoms. The van der Waals surface area contributed by atoms with Crippen LogP contribution in [0.25, 0.3) is 16.8 Å². The Bertz CT molecular complexity index is 1180. The van der Waals surface area contributed by atoms with Gasteiger partial charge in [-0.3, -0.25) is 14.4 Å². The zero-order chi connectivity index (χ0) is 21.5. The highest BCUT2D eigenvalue weighted by Gasteiger charge is 2.30. The predicted molar refractivity (Wildman–Crippen MR) is 118 cm³/mol. The molecular formula is C22H23N5O3S. The molecular weight excluding hydrogens is 414 g/mol. The highest BCUT2D eigenvalue weighted by molar-refractivity contribution is 7.12. The standard InChI is InChI=1S/C22H23N5O3S/c1-13(28)26-7-6-17(10-26)23-22(30)18-8-16(12-31-18)15-4-5-20-24-19(11-27(20)9-15)25-21(29)14-2-3-14/h4-5,8-9,11-12,14,17H,2-3,6-7,10H2,1H3,(H,23,30)(H,25,29). The molecule has 1 aliphatic carbocycles. The first-order chi connectivity index (χ1) is 15.0. The van der Waals surface area contributed by atoms with Gasteiger partial charge in [-0.05, 0) is 54.0 Å². The second kappa shape index (κ2) is 7.81. The quantitative estimate of drug-likeness (QED) is 0.642. The van der Waals surface area contributed by atoms with E-state index in [0.717, 1.165) is 36.0 Å². The number of amides is 3. The van der Waals surface area contributed by atoms with Crippen molar-refractivity contribution in [3.63, 3.8) is 0 Å². The zero-order valence-electron chi connectivity index (χ0n) is 17.1. The fourth-order valence-electron chi connectivity index (χ4n) is 3.82. The third-order valence-corrected chi connectivity index (χ3v) is 6.70. The number of nitrogens with one attached hydrogen (secondary N) is 2. The molecule has 0 spiro atoms. The van der Waals surface area contributed by atoms with Gasteiger partial charge in [-0.1, -0.05) is 0 Å². The summed E-state index contributed by atoms with van der Waals surface area (Å²) in [6.07, 6.45) is 6.43. The van der Waals surface area contributed by atoms with Crippen LogP contribution in [0, 0.1) is 5.92 Å². The van der Waals surface area contributed by atoms with Crippen molar-refractivity contribution in [2.45, 2.75) is 32.2 Å². The van der Waals surface area contributed by atoms with Crippen LogP contribution in [0.15, 0.2) is 36.0 Å². The van der Waals surface area contributed by atoms with Gasteiger partial charge in [0, 0.05) is 38.2 Å². The Morgan fingerprint density at radius 3 is 2.71 bits per heavy atom. The number of likely N-dealkylation sites (tertiary alicyclic amines) is 1. The van der Waals surface area contributed by atoms with E-state index in [0.29, 0.717) is 23.8 Å². The van der Waals surface area contributed by atoms with E-state index >= 15 is 0 Å². The predicted octanol–water partition coefficient (Wildman–Crippen LogP) is 2.76. The Labute approximate surface area is 183 Å². The van der Waals surface area contributed by atoms with Crippen molar-refractivity contribution >= 4 is 40.5 Å². The van der Waals surface area contributed by atoms with Crippen LogP contribution < -0.4 is 10.6 Å². The molecule has 4 heterocycles. The molecule has 2 N–H and O–H groups in total. The smallest absolute Gasteiger partial charge is 0.261 e. The lowest BCUT2D eigenvalue weighted by Crippen LogP contribution is -2.37. The number of nitrogens with zero attached hydrogens (tertiary/aromatic N) is 3. The van der Waals surface area contributed by atoms with E-state index in [1.807, 2.05) is 34.2 Å². The largest absolute Gasteiger partial charge is 0.347 e. The molecule has 2 aliphatic rings. The number of thiophene rings is 1. The summed E-state index contributed by atoms with van der Waals surface area (Å²) in [6.45, 7) is 2.80. The number of imidazole rings is 1. The number of carbonyl (C=O) groups excluding carboxylic acids is 3. The number of pyridine rings is 1. The minimum atomic E-state index is -0.111. The maximum atomic E-state index is 12.6. The molecule has 3 aromatic rings. The molecule has 1 saturated carbocycles. The van der Waals surface area contributed by atoms with Crippen LogP contribution in [0.4, 0.5) is 5.82 Å². The van der Waals surface area contributed by atoms with Gasteiger partial charge >= 0.3 is 0 Å². The number of carbonyl (C=O) groups is 3. The van der Waals surface area contributed by atoms with Gasteiger partial charge in [-0.15, -0.1) is 11.3 Å². The molecule has 0 radical (unpaired) electrons. The maximum absolute atomic E-state index is 12.6. The number of fused-ring (bicyclic) bond motifs is 1. The van der Waals surface area contributed by atoms with Gasteiger partial charge in [0.15, 0.2) is 5.82 Å². The zero-order valence-corrected chi connectivity index (χ0v) is 17.9. The minimum Gasteiger partial charge on any atom is -0.347 e. The van der Waals surface area contributed by atoms with Gasteiger partial charge in [0.2, 0.25) is 11.8 Å². The van der Waals surface area contributed by atoms with Crippen molar-refractivity contribution in [1.29, 1.82) is 0 Å². The Morgan fingerprint density at radius 2 is 1.97 bits per heavy atom. The normalized spacial score (nSPS) is 18.4. The lowest BCUT2D eigenvalue weighted by atomic mass is 10.1. The molecule has 2 fully saturated rings. The van der Waals surface area contributed by atoms with Gasteiger partial charge in [-0.25, -0.2) is 4.98 Å². The molecule has 3 amide bonds. The Hall–Kier alpha value is -3.20. The Morgan fingerprint density at radius 1 is 1.13 bits per heavy atom. The molecule has 1 saturated heterocycles. The first-order valence-corrected chi connectivity index (χ1v) is 11.3. The van der Waals surface area contributed by atoms with Crippen LogP contribution in [0.1, 0.15) is 35.9 Å². The molecule has 3 aromatic heterocycles. The summed E-state index contributed by atoms with van der Waals surface area (Å²) in [5.41, 5.74) is 2.66. The Kier molecular flexibility index (Phi) is 4.97. The second-order valence-electron chi connectivity index (χ2n) is 8.20. The maximum Gasteiger partial charge on any atom is 0.261 e. The molecule has 1 unspecified atom stereocenters. The summed E-state index contributed by atoms with van der Waals surface area (Å²) in [7, 11) is 0. The van der Waals surface area contributed by atoms with Gasteiger partial charge < -0.3 is 19.9 Å². The molecule has 1 aliphatic heterocycles. The second-order valence-corrected chi connectivity index (χ2v) is 9.11. The number of anilines is 1. The van der Waals surface area contributed by atoms with Crippen molar-refractivity contribution in [3.8, 4) is 11.1 Å². The molecule has 160 valence electrons. The molecule has 0 aromatic carbocycles. The molecule has 31 heavy (non-hydrogen) atoms. The topological polar surface area (TPSA) is 95.8 Å². The van der Waals surface area contributed by atoms with E-state index in [2.05, 4.69) is 15.6 Å². The first kappa shape index (κ1) is 19.7. The minimum absolute atomic E-state index is 0.00600. The van der Waals surface area contributed by atoms with Crippen LogP contribution in [0.5, 0.6) is 0 Å². The van der Waals surface area contributed by atoms with Crippen molar-refractivity contribution in [1.82, 2.24) is 19.6 Å². The third-order valence-electron chi connectivity index (χ3n) is 5.78. The van der Waals surface area contributed by atoms with E-state index in [-0.39, 0.29) is 29.7 Å². The van der Waals surface area contributed by atoms with Crippen molar-refractivity contribution in [2.75, 3.05) is 18.4 Å². The molecule has 8 nitrogen and oxygen atoms in total. The highest BCUT2D eigenvalue weighted by Crippen LogP contribution is 2.30. The summed E-state index contributed by atoms with van der Waals surface area (Å²) >= 11 is 1.40. The van der Waals surface area contributed by atoms with Crippen LogP contribution >= 0.6 is 11.3 Å². The lowest BCUT2D eigenvalue weighted by Gasteiger charge is -2.14. The van der Waals surface area contributed by atoms with Gasteiger partial charge in [-0.2, -0.15) is 0 Å². The summed E-state index contributed by atoms with van der Waals surface area (Å²) in [6, 6.07) is 5.73. The monoisotopic (exact) mass is 437 g/mol. The summed E-state index contributed by atoms with van der Waals surface area (Å²) in [5.74, 6) is 0.646. The van der Waals surface area contributed by atoms with E-state index in [9.17, 15) is 14.4 Å². The summed E-state index contributed by atoms with van der Waals surface area (Å²) in [5, 5.41) is 7.86. The third kappa shape index (κ3) is 4.18. The van der Waals surface area contributed by atoms with Gasteiger partial charge in [0.25, 0.3) is 5.91 Å². The molecule has 1 atom stereocenters. The van der Waals surface area contributed by atoms with E-state index in [1.165, 1.54) is 11.3 Å². The van der Waals surface area contributed by atoms with E-state index in [1.54, 1.807) is 18.0 Å². The average molecular weight is 438 g/mol. The lowest BCUT2D eigenvalue weighted by molar-refractivity contribution is -0.127. The van der Waals surface area contributed by atoms with E-state index < -0.39 is 0 Å². The van der Waals surface area contributed by atoms with Crippen molar-refractivity contribution in [3.05, 3.63) is 40.8 Å². The van der Waals surface area contributed by atoms with Crippen LogP contribution in [0.2, 0.25) is 0 Å². The highest BCUT2D eigenvalue weighted by atomic mass is 32.1. The number of rotatable bonds is 5.